The minimum Gasteiger partial charge on any atom is -0.399 e. The molecule has 0 atom stereocenters. The molecule has 1 heterocycles. The van der Waals surface area contributed by atoms with Crippen molar-refractivity contribution < 1.29 is 13.4 Å². The molecular formula is C12H17BBrNO2. The molecule has 2 N–H and O–H groups in total. The number of nitrogen functional groups attached to an aromatic ring is 1. The highest BCUT2D eigenvalue weighted by molar-refractivity contribution is 9.10. The highest BCUT2D eigenvalue weighted by atomic mass is 79.9. The van der Waals surface area contributed by atoms with Crippen molar-refractivity contribution in [2.24, 2.45) is 0 Å². The van der Waals surface area contributed by atoms with Crippen LogP contribution in [-0.4, -0.2) is 18.3 Å². The zero-order valence-electron chi connectivity index (χ0n) is 13.3. The van der Waals surface area contributed by atoms with E-state index in [1.807, 2.05) is 27.7 Å². The summed E-state index contributed by atoms with van der Waals surface area (Å²) in [6.07, 6.45) is 0. The van der Waals surface area contributed by atoms with Gasteiger partial charge in [-0.05, 0) is 51.3 Å². The van der Waals surface area contributed by atoms with Gasteiger partial charge in [-0.15, -0.1) is 0 Å². The molecular weight excluding hydrogens is 281 g/mol. The fourth-order valence-corrected chi connectivity index (χ4v) is 1.98. The Morgan fingerprint density at radius 2 is 1.71 bits per heavy atom. The van der Waals surface area contributed by atoms with E-state index >= 15 is 0 Å². The summed E-state index contributed by atoms with van der Waals surface area (Å²) in [7, 11) is -0.834. The second-order valence-electron chi connectivity index (χ2n) is 5.10. The molecule has 5 heteroatoms. The summed E-state index contributed by atoms with van der Waals surface area (Å²) in [6.45, 7) is 7.60. The SMILES string of the molecule is [2H]c1c(N)c([2H])c(B2OC(C)(C)C(C)(C)O2)c([2H])c1Br. The Hall–Kier alpha value is -0.515. The van der Waals surface area contributed by atoms with Gasteiger partial charge >= 0.3 is 7.12 Å². The third kappa shape index (κ3) is 2.37. The van der Waals surface area contributed by atoms with Crippen LogP contribution in [0, 0.1) is 0 Å². The molecule has 0 unspecified atom stereocenters. The zero-order valence-corrected chi connectivity index (χ0v) is 11.9. The first-order valence-electron chi connectivity index (χ1n) is 6.90. The van der Waals surface area contributed by atoms with Crippen molar-refractivity contribution in [3.63, 3.8) is 0 Å². The molecule has 2 rings (SSSR count). The standard InChI is InChI=1S/C12H17BBrNO2/c1-11(2)12(3,4)17-13(16-11)8-5-9(14)7-10(15)6-8/h5-7H,15H2,1-4H3/i5D,6D,7D. The van der Waals surface area contributed by atoms with Crippen LogP contribution in [0.4, 0.5) is 5.69 Å². The highest BCUT2D eigenvalue weighted by Crippen LogP contribution is 2.36. The third-order valence-corrected chi connectivity index (χ3v) is 3.64. The lowest BCUT2D eigenvalue weighted by atomic mass is 9.79. The van der Waals surface area contributed by atoms with Gasteiger partial charge in [0.05, 0.1) is 15.3 Å². The van der Waals surface area contributed by atoms with Crippen LogP contribution in [0.2, 0.25) is 0 Å². The molecule has 1 saturated heterocycles. The van der Waals surface area contributed by atoms with E-state index in [0.29, 0.717) is 0 Å². The molecule has 92 valence electrons. The summed E-state index contributed by atoms with van der Waals surface area (Å²) in [5, 5.41) is 0. The Kier molecular flexibility index (Phi) is 2.22. The number of hydrogen-bond acceptors (Lipinski definition) is 3. The van der Waals surface area contributed by atoms with Gasteiger partial charge in [-0.2, -0.15) is 0 Å². The summed E-state index contributed by atoms with van der Waals surface area (Å²) in [6, 6.07) is -0.130. The first-order valence-corrected chi connectivity index (χ1v) is 6.19. The molecule has 3 nitrogen and oxygen atoms in total. The minimum atomic E-state index is -0.834. The van der Waals surface area contributed by atoms with Crippen LogP contribution in [0.15, 0.2) is 22.6 Å². The van der Waals surface area contributed by atoms with Gasteiger partial charge in [0.2, 0.25) is 0 Å². The van der Waals surface area contributed by atoms with Crippen molar-refractivity contribution in [3.8, 4) is 0 Å². The molecule has 1 aromatic carbocycles. The van der Waals surface area contributed by atoms with Crippen LogP contribution < -0.4 is 11.2 Å². The summed E-state index contributed by atoms with van der Waals surface area (Å²) < 4.78 is 35.9. The van der Waals surface area contributed by atoms with Gasteiger partial charge in [0.15, 0.2) is 0 Å². The molecule has 17 heavy (non-hydrogen) atoms. The predicted molar refractivity (Wildman–Crippen MR) is 74.3 cm³/mol. The maximum atomic E-state index is 8.09. The predicted octanol–water partition coefficient (Wildman–Crippen LogP) is 2.33. The van der Waals surface area contributed by atoms with E-state index in [2.05, 4.69) is 15.9 Å². The van der Waals surface area contributed by atoms with Gasteiger partial charge in [0, 0.05) is 10.2 Å². The fourth-order valence-electron chi connectivity index (χ4n) is 1.55. The van der Waals surface area contributed by atoms with Crippen LogP contribution in [0.25, 0.3) is 0 Å². The van der Waals surface area contributed by atoms with E-state index in [9.17, 15) is 0 Å². The first kappa shape index (κ1) is 9.42. The van der Waals surface area contributed by atoms with Gasteiger partial charge in [-0.25, -0.2) is 0 Å². The van der Waals surface area contributed by atoms with Crippen LogP contribution >= 0.6 is 15.9 Å². The second-order valence-corrected chi connectivity index (χ2v) is 5.90. The smallest absolute Gasteiger partial charge is 0.399 e. The number of halogens is 1. The maximum absolute atomic E-state index is 8.09. The Bertz CT molecular complexity index is 535. The van der Waals surface area contributed by atoms with E-state index in [4.69, 9.17) is 19.2 Å². The number of hydrogen-bond donors (Lipinski definition) is 1. The lowest BCUT2D eigenvalue weighted by Crippen LogP contribution is -2.41. The third-order valence-electron chi connectivity index (χ3n) is 3.25. The normalized spacial score (nSPS) is 24.3. The van der Waals surface area contributed by atoms with Crippen LogP contribution in [0.3, 0.4) is 0 Å². The molecule has 1 aliphatic rings. The lowest BCUT2D eigenvalue weighted by Gasteiger charge is -2.32. The minimum absolute atomic E-state index is 0.00713. The molecule has 1 fully saturated rings. The summed E-state index contributed by atoms with van der Waals surface area (Å²) in [4.78, 5) is 0. The van der Waals surface area contributed by atoms with E-state index < -0.39 is 18.3 Å². The van der Waals surface area contributed by atoms with Crippen molar-refractivity contribution in [2.45, 2.75) is 38.9 Å². The van der Waals surface area contributed by atoms with Gasteiger partial charge in [-0.1, -0.05) is 15.9 Å². The Morgan fingerprint density at radius 1 is 1.18 bits per heavy atom. The second kappa shape index (κ2) is 4.00. The molecule has 0 aliphatic carbocycles. The molecule has 0 spiro atoms. The molecule has 0 aromatic heterocycles. The summed E-state index contributed by atoms with van der Waals surface area (Å²) in [5.41, 5.74) is 4.90. The molecule has 0 radical (unpaired) electrons. The van der Waals surface area contributed by atoms with E-state index in [1.165, 1.54) is 0 Å². The van der Waals surface area contributed by atoms with Crippen LogP contribution in [0.5, 0.6) is 0 Å². The Labute approximate surface area is 115 Å². The number of rotatable bonds is 1. The largest absolute Gasteiger partial charge is 0.494 e. The van der Waals surface area contributed by atoms with Crippen molar-refractivity contribution in [1.29, 1.82) is 0 Å². The summed E-state index contributed by atoms with van der Waals surface area (Å²) in [5.74, 6) is 0. The monoisotopic (exact) mass is 300 g/mol. The maximum Gasteiger partial charge on any atom is 0.494 e. The van der Waals surface area contributed by atoms with E-state index in [1.54, 1.807) is 0 Å². The Morgan fingerprint density at radius 3 is 2.24 bits per heavy atom. The number of nitrogens with two attached hydrogens (primary N) is 1. The number of benzene rings is 1. The Balaban J connectivity index is 2.57. The lowest BCUT2D eigenvalue weighted by molar-refractivity contribution is 0.00578. The van der Waals surface area contributed by atoms with Crippen molar-refractivity contribution in [2.75, 3.05) is 5.73 Å². The first-order chi connectivity index (χ1) is 8.99. The summed E-state index contributed by atoms with van der Waals surface area (Å²) >= 11 is 3.17. The molecule has 0 saturated carbocycles. The molecule has 1 aromatic rings. The van der Waals surface area contributed by atoms with Gasteiger partial charge in [0.1, 0.15) is 0 Å². The van der Waals surface area contributed by atoms with Gasteiger partial charge in [0.25, 0.3) is 0 Å². The molecule has 0 amide bonds. The highest BCUT2D eigenvalue weighted by Gasteiger charge is 2.51. The average molecular weight is 301 g/mol. The van der Waals surface area contributed by atoms with Crippen molar-refractivity contribution >= 4 is 34.2 Å². The van der Waals surface area contributed by atoms with Gasteiger partial charge in [-0.3, -0.25) is 0 Å². The number of anilines is 1. The zero-order chi connectivity index (χ0) is 15.5. The fraction of sp³-hybridized carbons (Fsp3) is 0.500. The van der Waals surface area contributed by atoms with Crippen LogP contribution in [-0.2, 0) is 9.31 Å². The van der Waals surface area contributed by atoms with E-state index in [-0.39, 0.29) is 33.8 Å². The topological polar surface area (TPSA) is 44.5 Å². The van der Waals surface area contributed by atoms with Crippen molar-refractivity contribution in [1.82, 2.24) is 0 Å². The van der Waals surface area contributed by atoms with Crippen LogP contribution in [0.1, 0.15) is 31.8 Å². The molecule has 0 bridgehead atoms. The average Bonchev–Trinajstić information content (AvgIpc) is 2.53. The van der Waals surface area contributed by atoms with E-state index in [0.717, 1.165) is 0 Å². The van der Waals surface area contributed by atoms with Crippen molar-refractivity contribution in [3.05, 3.63) is 22.6 Å². The van der Waals surface area contributed by atoms with Gasteiger partial charge < -0.3 is 15.0 Å². The molecule has 1 aliphatic heterocycles. The quantitative estimate of drug-likeness (QED) is 0.639.